The number of nitrogens with two attached hydrogens (primary N) is 1. The number of aromatic amines is 1. The monoisotopic (exact) mass is 256 g/mol. The number of aromatic nitrogens is 3. The topological polar surface area (TPSA) is 67.6 Å². The Bertz CT molecular complexity index is 720. The standard InChI is InChI=1S/C14H13FN4/c15-11-4-2-1-3-10(11)13-12-9(5-6-16)7-17-14(12)19-8-18-13/h1-4,7-8H,5-6,16H2,(H,17,18,19). The Kier molecular flexibility index (Phi) is 2.97. The highest BCUT2D eigenvalue weighted by atomic mass is 19.1. The van der Waals surface area contributed by atoms with Gasteiger partial charge in [-0.3, -0.25) is 0 Å². The van der Waals surface area contributed by atoms with E-state index in [1.54, 1.807) is 18.2 Å². The molecule has 96 valence electrons. The molecule has 4 nitrogen and oxygen atoms in total. The molecule has 1 aromatic carbocycles. The molecule has 19 heavy (non-hydrogen) atoms. The van der Waals surface area contributed by atoms with Crippen molar-refractivity contribution >= 4 is 11.0 Å². The van der Waals surface area contributed by atoms with Gasteiger partial charge in [-0.15, -0.1) is 0 Å². The summed E-state index contributed by atoms with van der Waals surface area (Å²) < 4.78 is 13.9. The molecule has 0 saturated carbocycles. The van der Waals surface area contributed by atoms with Crippen LogP contribution in [0.5, 0.6) is 0 Å². The van der Waals surface area contributed by atoms with Crippen LogP contribution in [0, 0.1) is 5.82 Å². The lowest BCUT2D eigenvalue weighted by molar-refractivity contribution is 0.631. The van der Waals surface area contributed by atoms with E-state index in [-0.39, 0.29) is 5.82 Å². The summed E-state index contributed by atoms with van der Waals surface area (Å²) in [6.07, 6.45) is 4.00. The summed E-state index contributed by atoms with van der Waals surface area (Å²) in [5.41, 5.74) is 8.40. The molecule has 0 amide bonds. The summed E-state index contributed by atoms with van der Waals surface area (Å²) in [6, 6.07) is 6.60. The number of fused-ring (bicyclic) bond motifs is 1. The third kappa shape index (κ3) is 1.98. The fourth-order valence-corrected chi connectivity index (χ4v) is 2.24. The summed E-state index contributed by atoms with van der Waals surface area (Å²) in [7, 11) is 0. The van der Waals surface area contributed by atoms with Gasteiger partial charge < -0.3 is 10.7 Å². The van der Waals surface area contributed by atoms with Crippen LogP contribution >= 0.6 is 0 Å². The number of H-pyrrole nitrogens is 1. The molecule has 0 spiro atoms. The van der Waals surface area contributed by atoms with Gasteiger partial charge in [-0.1, -0.05) is 12.1 Å². The van der Waals surface area contributed by atoms with E-state index in [0.29, 0.717) is 29.9 Å². The van der Waals surface area contributed by atoms with Gasteiger partial charge in [0, 0.05) is 17.1 Å². The Morgan fingerprint density at radius 2 is 2.05 bits per heavy atom. The Labute approximate surface area is 109 Å². The summed E-state index contributed by atoms with van der Waals surface area (Å²) >= 11 is 0. The molecule has 0 radical (unpaired) electrons. The molecule has 0 atom stereocenters. The number of nitrogens with zero attached hydrogens (tertiary/aromatic N) is 2. The number of hydrogen-bond acceptors (Lipinski definition) is 3. The molecule has 3 rings (SSSR count). The number of halogens is 1. The highest BCUT2D eigenvalue weighted by Crippen LogP contribution is 2.29. The zero-order valence-corrected chi connectivity index (χ0v) is 10.2. The Morgan fingerprint density at radius 1 is 1.21 bits per heavy atom. The first-order valence-corrected chi connectivity index (χ1v) is 6.07. The number of nitrogens with one attached hydrogen (secondary N) is 1. The van der Waals surface area contributed by atoms with Crippen molar-refractivity contribution in [2.75, 3.05) is 6.54 Å². The minimum Gasteiger partial charge on any atom is -0.346 e. The van der Waals surface area contributed by atoms with Crippen LogP contribution in [0.1, 0.15) is 5.56 Å². The first-order valence-electron chi connectivity index (χ1n) is 6.07. The second-order valence-electron chi connectivity index (χ2n) is 4.28. The normalized spacial score (nSPS) is 11.1. The summed E-state index contributed by atoms with van der Waals surface area (Å²) in [5, 5.41) is 0.845. The second kappa shape index (κ2) is 4.78. The first-order chi connectivity index (χ1) is 9.31. The summed E-state index contributed by atoms with van der Waals surface area (Å²) in [5.74, 6) is -0.289. The van der Waals surface area contributed by atoms with E-state index in [4.69, 9.17) is 5.73 Å². The van der Waals surface area contributed by atoms with Crippen molar-refractivity contribution in [2.45, 2.75) is 6.42 Å². The van der Waals surface area contributed by atoms with Gasteiger partial charge >= 0.3 is 0 Å². The highest BCUT2D eigenvalue weighted by molar-refractivity contribution is 5.93. The van der Waals surface area contributed by atoms with Crippen molar-refractivity contribution in [3.8, 4) is 11.3 Å². The van der Waals surface area contributed by atoms with Gasteiger partial charge in [0.05, 0.1) is 5.69 Å². The molecular formula is C14H13FN4. The molecule has 2 aromatic heterocycles. The van der Waals surface area contributed by atoms with Crippen LogP contribution in [0.4, 0.5) is 4.39 Å². The molecule has 0 saturated heterocycles. The lowest BCUT2D eigenvalue weighted by Crippen LogP contribution is -2.02. The van der Waals surface area contributed by atoms with E-state index in [0.717, 1.165) is 10.9 Å². The Balaban J connectivity index is 2.29. The van der Waals surface area contributed by atoms with Gasteiger partial charge in [0.2, 0.25) is 0 Å². The molecule has 3 N–H and O–H groups in total. The molecule has 3 aromatic rings. The highest BCUT2D eigenvalue weighted by Gasteiger charge is 2.14. The molecule has 0 aliphatic carbocycles. The molecule has 0 bridgehead atoms. The SMILES string of the molecule is NCCc1c[nH]c2ncnc(-c3ccccc3F)c12. The lowest BCUT2D eigenvalue weighted by atomic mass is 10.0. The molecule has 0 aliphatic heterocycles. The van der Waals surface area contributed by atoms with Gasteiger partial charge in [0.25, 0.3) is 0 Å². The predicted octanol–water partition coefficient (Wildman–Crippen LogP) is 2.27. The lowest BCUT2D eigenvalue weighted by Gasteiger charge is -2.05. The van der Waals surface area contributed by atoms with Gasteiger partial charge in [-0.25, -0.2) is 14.4 Å². The maximum absolute atomic E-state index is 13.9. The molecule has 0 fully saturated rings. The van der Waals surface area contributed by atoms with E-state index in [2.05, 4.69) is 15.0 Å². The third-order valence-electron chi connectivity index (χ3n) is 3.09. The quantitative estimate of drug-likeness (QED) is 0.755. The van der Waals surface area contributed by atoms with Crippen LogP contribution in [0.25, 0.3) is 22.3 Å². The number of benzene rings is 1. The van der Waals surface area contributed by atoms with Crippen LogP contribution in [0.3, 0.4) is 0 Å². The average molecular weight is 256 g/mol. The van der Waals surface area contributed by atoms with Crippen molar-refractivity contribution in [3.63, 3.8) is 0 Å². The average Bonchev–Trinajstić information content (AvgIpc) is 2.83. The molecule has 0 aliphatic rings. The van der Waals surface area contributed by atoms with Crippen LogP contribution < -0.4 is 5.73 Å². The number of hydrogen-bond donors (Lipinski definition) is 2. The molecular weight excluding hydrogens is 243 g/mol. The Morgan fingerprint density at radius 3 is 2.84 bits per heavy atom. The largest absolute Gasteiger partial charge is 0.346 e. The summed E-state index contributed by atoms with van der Waals surface area (Å²) in [6.45, 7) is 0.526. The molecule has 5 heteroatoms. The van der Waals surface area contributed by atoms with E-state index in [9.17, 15) is 4.39 Å². The predicted molar refractivity (Wildman–Crippen MR) is 72.0 cm³/mol. The van der Waals surface area contributed by atoms with Crippen LogP contribution in [-0.4, -0.2) is 21.5 Å². The zero-order valence-electron chi connectivity index (χ0n) is 10.2. The maximum Gasteiger partial charge on any atom is 0.141 e. The minimum absolute atomic E-state index is 0.289. The fraction of sp³-hybridized carbons (Fsp3) is 0.143. The molecule has 2 heterocycles. The van der Waals surface area contributed by atoms with Gasteiger partial charge in [0.15, 0.2) is 0 Å². The van der Waals surface area contributed by atoms with E-state index in [1.807, 2.05) is 6.20 Å². The van der Waals surface area contributed by atoms with Gasteiger partial charge in [-0.05, 0) is 30.7 Å². The van der Waals surface area contributed by atoms with Crippen molar-refractivity contribution in [2.24, 2.45) is 5.73 Å². The number of rotatable bonds is 3. The van der Waals surface area contributed by atoms with Crippen molar-refractivity contribution in [3.05, 3.63) is 48.2 Å². The smallest absolute Gasteiger partial charge is 0.141 e. The van der Waals surface area contributed by atoms with E-state index in [1.165, 1.54) is 12.4 Å². The van der Waals surface area contributed by atoms with Crippen LogP contribution in [-0.2, 0) is 6.42 Å². The maximum atomic E-state index is 13.9. The third-order valence-corrected chi connectivity index (χ3v) is 3.09. The second-order valence-corrected chi connectivity index (χ2v) is 4.28. The van der Waals surface area contributed by atoms with Crippen molar-refractivity contribution in [1.82, 2.24) is 15.0 Å². The zero-order chi connectivity index (χ0) is 13.2. The van der Waals surface area contributed by atoms with E-state index < -0.39 is 0 Å². The van der Waals surface area contributed by atoms with Crippen molar-refractivity contribution < 1.29 is 4.39 Å². The minimum atomic E-state index is -0.289. The fourth-order valence-electron chi connectivity index (χ4n) is 2.24. The van der Waals surface area contributed by atoms with Crippen LogP contribution in [0.2, 0.25) is 0 Å². The van der Waals surface area contributed by atoms with Gasteiger partial charge in [0.1, 0.15) is 17.8 Å². The summed E-state index contributed by atoms with van der Waals surface area (Å²) in [4.78, 5) is 11.5. The Hall–Kier alpha value is -2.27. The first kappa shape index (κ1) is 11.8. The van der Waals surface area contributed by atoms with Crippen LogP contribution in [0.15, 0.2) is 36.8 Å². The van der Waals surface area contributed by atoms with Gasteiger partial charge in [-0.2, -0.15) is 0 Å². The molecule has 0 unspecified atom stereocenters. The van der Waals surface area contributed by atoms with Crippen molar-refractivity contribution in [1.29, 1.82) is 0 Å². The van der Waals surface area contributed by atoms with E-state index >= 15 is 0 Å².